The van der Waals surface area contributed by atoms with Crippen molar-refractivity contribution in [2.24, 2.45) is 0 Å². The molecule has 0 aliphatic carbocycles. The van der Waals surface area contributed by atoms with Crippen LogP contribution < -0.4 is 0 Å². The molecule has 2 saturated heterocycles. The van der Waals surface area contributed by atoms with E-state index in [1.54, 1.807) is 17.4 Å². The number of hydrogen-bond donors (Lipinski definition) is 0. The molecule has 4 nitrogen and oxygen atoms in total. The van der Waals surface area contributed by atoms with E-state index in [1.807, 2.05) is 19.2 Å². The van der Waals surface area contributed by atoms with Crippen molar-refractivity contribution in [1.29, 1.82) is 0 Å². The highest BCUT2D eigenvalue weighted by molar-refractivity contribution is 7.07. The molecule has 0 radical (unpaired) electrons. The van der Waals surface area contributed by atoms with Crippen LogP contribution in [-0.2, 0) is 25.6 Å². The molecule has 20 heavy (non-hydrogen) atoms. The van der Waals surface area contributed by atoms with E-state index in [1.165, 1.54) is 5.56 Å². The first kappa shape index (κ1) is 14.2. The van der Waals surface area contributed by atoms with Gasteiger partial charge in [-0.15, -0.1) is 6.58 Å². The first-order chi connectivity index (χ1) is 9.65. The molecule has 3 heterocycles. The summed E-state index contributed by atoms with van der Waals surface area (Å²) in [6.07, 6.45) is 1.61. The van der Waals surface area contributed by atoms with Gasteiger partial charge in [0.05, 0.1) is 6.61 Å². The molecule has 0 aromatic carbocycles. The van der Waals surface area contributed by atoms with Gasteiger partial charge in [0, 0.05) is 0 Å². The molecule has 5 atom stereocenters. The Balaban J connectivity index is 1.68. The SMILES string of the molecule is C=C[C@H]1O[C@@H]2OC(C)(CC)O[C@@H]2[C@H]1OCc1ccsc1. The highest BCUT2D eigenvalue weighted by atomic mass is 32.1. The van der Waals surface area contributed by atoms with Crippen LogP contribution in [0.15, 0.2) is 29.5 Å². The zero-order valence-electron chi connectivity index (χ0n) is 11.8. The van der Waals surface area contributed by atoms with Gasteiger partial charge in [-0.3, -0.25) is 0 Å². The lowest BCUT2D eigenvalue weighted by Crippen LogP contribution is -2.36. The van der Waals surface area contributed by atoms with Crippen LogP contribution in [0.4, 0.5) is 0 Å². The van der Waals surface area contributed by atoms with Gasteiger partial charge in [-0.05, 0) is 35.7 Å². The molecule has 2 fully saturated rings. The Morgan fingerprint density at radius 1 is 1.50 bits per heavy atom. The molecule has 1 aromatic heterocycles. The number of fused-ring (bicyclic) bond motifs is 1. The molecule has 0 spiro atoms. The minimum absolute atomic E-state index is 0.175. The molecular formula is C15H20O4S. The average molecular weight is 296 g/mol. The van der Waals surface area contributed by atoms with Crippen LogP contribution in [0, 0.1) is 0 Å². The summed E-state index contributed by atoms with van der Waals surface area (Å²) >= 11 is 1.66. The molecule has 0 bridgehead atoms. The first-order valence-electron chi connectivity index (χ1n) is 6.91. The van der Waals surface area contributed by atoms with Crippen molar-refractivity contribution < 1.29 is 18.9 Å². The minimum Gasteiger partial charge on any atom is -0.368 e. The lowest BCUT2D eigenvalue weighted by atomic mass is 10.1. The van der Waals surface area contributed by atoms with Crippen molar-refractivity contribution in [2.75, 3.05) is 0 Å². The maximum atomic E-state index is 6.02. The predicted molar refractivity (Wildman–Crippen MR) is 76.4 cm³/mol. The second kappa shape index (κ2) is 5.58. The fourth-order valence-electron chi connectivity index (χ4n) is 2.54. The summed E-state index contributed by atoms with van der Waals surface area (Å²) in [5.74, 6) is -0.578. The zero-order valence-corrected chi connectivity index (χ0v) is 12.6. The van der Waals surface area contributed by atoms with E-state index < -0.39 is 5.79 Å². The standard InChI is InChI=1S/C15H20O4S/c1-4-11-12(16-8-10-6-7-20-9-10)13-14(17-11)19-15(3,5-2)18-13/h4,6-7,9,11-14H,1,5,8H2,2-3H3/t11-,12+,13-,14-,15?/m1/s1. The van der Waals surface area contributed by atoms with E-state index in [0.717, 1.165) is 6.42 Å². The summed E-state index contributed by atoms with van der Waals surface area (Å²) in [7, 11) is 0. The molecule has 1 aromatic rings. The van der Waals surface area contributed by atoms with E-state index in [0.29, 0.717) is 6.61 Å². The summed E-state index contributed by atoms with van der Waals surface area (Å²) in [5.41, 5.74) is 1.17. The summed E-state index contributed by atoms with van der Waals surface area (Å²) in [6.45, 7) is 8.33. The van der Waals surface area contributed by atoms with Crippen molar-refractivity contribution in [1.82, 2.24) is 0 Å². The first-order valence-corrected chi connectivity index (χ1v) is 7.86. The molecule has 2 aliphatic rings. The summed E-state index contributed by atoms with van der Waals surface area (Å²) in [6, 6.07) is 2.06. The van der Waals surface area contributed by atoms with Crippen molar-refractivity contribution >= 4 is 11.3 Å². The van der Waals surface area contributed by atoms with Crippen molar-refractivity contribution in [3.8, 4) is 0 Å². The summed E-state index contributed by atoms with van der Waals surface area (Å²) < 4.78 is 23.7. The van der Waals surface area contributed by atoms with Gasteiger partial charge in [-0.2, -0.15) is 11.3 Å². The Labute approximate surface area is 123 Å². The molecule has 1 unspecified atom stereocenters. The Hall–Kier alpha value is -0.720. The fraction of sp³-hybridized carbons (Fsp3) is 0.600. The lowest BCUT2D eigenvalue weighted by Gasteiger charge is -2.26. The van der Waals surface area contributed by atoms with Crippen LogP contribution in [0.25, 0.3) is 0 Å². The van der Waals surface area contributed by atoms with E-state index >= 15 is 0 Å². The Kier molecular flexibility index (Phi) is 3.97. The van der Waals surface area contributed by atoms with E-state index in [9.17, 15) is 0 Å². The van der Waals surface area contributed by atoms with Crippen LogP contribution >= 0.6 is 11.3 Å². The van der Waals surface area contributed by atoms with E-state index in [4.69, 9.17) is 18.9 Å². The third kappa shape index (κ3) is 2.56. The van der Waals surface area contributed by atoms with Crippen LogP contribution in [0.5, 0.6) is 0 Å². The molecular weight excluding hydrogens is 276 g/mol. The second-order valence-corrected chi connectivity index (χ2v) is 6.08. The Bertz CT molecular complexity index is 460. The number of thiophene rings is 1. The predicted octanol–water partition coefficient (Wildman–Crippen LogP) is 3.09. The highest BCUT2D eigenvalue weighted by Crippen LogP contribution is 2.40. The van der Waals surface area contributed by atoms with Crippen LogP contribution in [0.1, 0.15) is 25.8 Å². The van der Waals surface area contributed by atoms with Crippen LogP contribution in [0.2, 0.25) is 0 Å². The average Bonchev–Trinajstić information content (AvgIpc) is 3.11. The van der Waals surface area contributed by atoms with Gasteiger partial charge >= 0.3 is 0 Å². The Morgan fingerprint density at radius 3 is 3.00 bits per heavy atom. The topological polar surface area (TPSA) is 36.9 Å². The maximum absolute atomic E-state index is 6.02. The second-order valence-electron chi connectivity index (χ2n) is 5.30. The number of hydrogen-bond acceptors (Lipinski definition) is 5. The zero-order chi connectivity index (χ0) is 14.2. The van der Waals surface area contributed by atoms with Crippen molar-refractivity contribution in [2.45, 2.75) is 57.3 Å². The van der Waals surface area contributed by atoms with Gasteiger partial charge < -0.3 is 18.9 Å². The van der Waals surface area contributed by atoms with Gasteiger partial charge in [0.25, 0.3) is 0 Å². The van der Waals surface area contributed by atoms with Gasteiger partial charge in [-0.25, -0.2) is 0 Å². The Morgan fingerprint density at radius 2 is 2.35 bits per heavy atom. The maximum Gasteiger partial charge on any atom is 0.190 e. The monoisotopic (exact) mass is 296 g/mol. The number of rotatable bonds is 5. The third-order valence-corrected chi connectivity index (χ3v) is 4.59. The largest absolute Gasteiger partial charge is 0.368 e. The fourth-order valence-corrected chi connectivity index (χ4v) is 3.20. The molecule has 110 valence electrons. The smallest absolute Gasteiger partial charge is 0.190 e. The molecule has 0 saturated carbocycles. The molecule has 0 amide bonds. The van der Waals surface area contributed by atoms with Crippen LogP contribution in [-0.4, -0.2) is 30.4 Å². The third-order valence-electron chi connectivity index (χ3n) is 3.86. The molecule has 0 N–H and O–H groups in total. The highest BCUT2D eigenvalue weighted by Gasteiger charge is 2.55. The van der Waals surface area contributed by atoms with Gasteiger partial charge in [0.15, 0.2) is 12.1 Å². The summed E-state index contributed by atoms with van der Waals surface area (Å²) in [4.78, 5) is 0. The van der Waals surface area contributed by atoms with Crippen molar-refractivity contribution in [3.63, 3.8) is 0 Å². The quantitative estimate of drug-likeness (QED) is 0.783. The van der Waals surface area contributed by atoms with Crippen molar-refractivity contribution in [3.05, 3.63) is 35.0 Å². The van der Waals surface area contributed by atoms with Gasteiger partial charge in [0.1, 0.15) is 18.3 Å². The normalized spacial score (nSPS) is 39.9. The molecule has 3 rings (SSSR count). The van der Waals surface area contributed by atoms with E-state index in [2.05, 4.69) is 18.0 Å². The van der Waals surface area contributed by atoms with Crippen LogP contribution in [0.3, 0.4) is 0 Å². The number of ether oxygens (including phenoxy) is 4. The molecule has 2 aliphatic heterocycles. The van der Waals surface area contributed by atoms with Gasteiger partial charge in [-0.1, -0.05) is 13.0 Å². The minimum atomic E-state index is -0.578. The summed E-state index contributed by atoms with van der Waals surface area (Å²) in [5, 5.41) is 4.12. The molecule has 5 heteroatoms. The lowest BCUT2D eigenvalue weighted by molar-refractivity contribution is -0.223. The van der Waals surface area contributed by atoms with E-state index in [-0.39, 0.29) is 24.6 Å². The van der Waals surface area contributed by atoms with Gasteiger partial charge in [0.2, 0.25) is 0 Å².